The molecular weight excluding hydrogens is 287 g/mol. The summed E-state index contributed by atoms with van der Waals surface area (Å²) in [6, 6.07) is 8.51. The van der Waals surface area contributed by atoms with Crippen molar-refractivity contribution in [3.05, 3.63) is 47.5 Å². The Balaban J connectivity index is 1.72. The molecule has 2 aromatic rings. The average Bonchev–Trinajstić information content (AvgIpc) is 2.76. The van der Waals surface area contributed by atoms with Gasteiger partial charge in [-0.2, -0.15) is 5.10 Å². The Morgan fingerprint density at radius 2 is 2.10 bits per heavy atom. The number of rotatable bonds is 5. The minimum Gasteiger partial charge on any atom is -0.362 e. The van der Waals surface area contributed by atoms with Crippen molar-refractivity contribution in [3.63, 3.8) is 0 Å². The van der Waals surface area contributed by atoms with E-state index in [-0.39, 0.29) is 5.82 Å². The third-order valence-electron chi connectivity index (χ3n) is 3.06. The second kappa shape index (κ2) is 7.17. The number of benzene rings is 1. The number of halogens is 1. The van der Waals surface area contributed by atoms with Crippen LogP contribution in [0.25, 0.3) is 0 Å². The van der Waals surface area contributed by atoms with Crippen molar-refractivity contribution in [3.8, 4) is 0 Å². The fourth-order valence-corrected chi connectivity index (χ4v) is 2.27. The molecule has 0 aliphatic carbocycles. The molecule has 0 spiro atoms. The molecule has 0 aliphatic heterocycles. The summed E-state index contributed by atoms with van der Waals surface area (Å²) in [5.74, 6) is -0.315. The van der Waals surface area contributed by atoms with E-state index in [0.717, 1.165) is 24.4 Å². The molecule has 0 unspecified atom stereocenters. The number of aryl methyl sites for hydroxylation is 3. The van der Waals surface area contributed by atoms with Crippen LogP contribution < -0.4 is 10.6 Å². The number of nitrogens with zero attached hydrogens (tertiary/aromatic N) is 2. The molecule has 0 amide bonds. The SMILES string of the molecule is Cc1cc(C)n(CCCNC(=S)Nc2ccccc2F)n1. The Bertz CT molecular complexity index is 624. The van der Waals surface area contributed by atoms with Gasteiger partial charge in [-0.05, 0) is 50.7 Å². The lowest BCUT2D eigenvalue weighted by atomic mass is 10.3. The van der Waals surface area contributed by atoms with Gasteiger partial charge < -0.3 is 10.6 Å². The maximum atomic E-state index is 13.4. The molecule has 21 heavy (non-hydrogen) atoms. The highest BCUT2D eigenvalue weighted by molar-refractivity contribution is 7.80. The normalized spacial score (nSPS) is 10.4. The number of anilines is 1. The summed E-state index contributed by atoms with van der Waals surface area (Å²) in [6.07, 6.45) is 0.890. The van der Waals surface area contributed by atoms with Crippen molar-refractivity contribution in [2.75, 3.05) is 11.9 Å². The zero-order chi connectivity index (χ0) is 15.2. The van der Waals surface area contributed by atoms with E-state index < -0.39 is 0 Å². The number of aromatic nitrogens is 2. The second-order valence-corrected chi connectivity index (χ2v) is 5.27. The molecule has 6 heteroatoms. The van der Waals surface area contributed by atoms with E-state index in [9.17, 15) is 4.39 Å². The molecule has 0 aliphatic rings. The lowest BCUT2D eigenvalue weighted by Gasteiger charge is -2.11. The van der Waals surface area contributed by atoms with Crippen LogP contribution >= 0.6 is 12.2 Å². The van der Waals surface area contributed by atoms with Crippen molar-refractivity contribution in [1.82, 2.24) is 15.1 Å². The van der Waals surface area contributed by atoms with Crippen LogP contribution in [-0.2, 0) is 6.54 Å². The zero-order valence-corrected chi connectivity index (χ0v) is 13.0. The summed E-state index contributed by atoms with van der Waals surface area (Å²) in [7, 11) is 0. The highest BCUT2D eigenvalue weighted by Crippen LogP contribution is 2.11. The molecular formula is C15H19FN4S. The number of hydrogen-bond acceptors (Lipinski definition) is 2. The first-order chi connectivity index (χ1) is 10.1. The molecule has 0 fully saturated rings. The summed E-state index contributed by atoms with van der Waals surface area (Å²) in [6.45, 7) is 5.56. The Kier molecular flexibility index (Phi) is 5.27. The summed E-state index contributed by atoms with van der Waals surface area (Å²) < 4.78 is 15.4. The van der Waals surface area contributed by atoms with E-state index in [1.54, 1.807) is 18.2 Å². The first-order valence-corrected chi connectivity index (χ1v) is 7.27. The largest absolute Gasteiger partial charge is 0.362 e. The standard InChI is InChI=1S/C15H19FN4S/c1-11-10-12(2)20(19-11)9-5-8-17-15(21)18-14-7-4-3-6-13(14)16/h3-4,6-7,10H,5,8-9H2,1-2H3,(H2,17,18,21). The first-order valence-electron chi connectivity index (χ1n) is 6.86. The molecule has 0 atom stereocenters. The van der Waals surface area contributed by atoms with Gasteiger partial charge in [-0.15, -0.1) is 0 Å². The van der Waals surface area contributed by atoms with Crippen molar-refractivity contribution in [2.24, 2.45) is 0 Å². The van der Waals surface area contributed by atoms with Crippen molar-refractivity contribution in [1.29, 1.82) is 0 Å². The fraction of sp³-hybridized carbons (Fsp3) is 0.333. The van der Waals surface area contributed by atoms with Gasteiger partial charge in [0.15, 0.2) is 5.11 Å². The molecule has 0 bridgehead atoms. The van der Waals surface area contributed by atoms with Crippen molar-refractivity contribution < 1.29 is 4.39 Å². The van der Waals surface area contributed by atoms with Gasteiger partial charge in [-0.1, -0.05) is 12.1 Å². The van der Waals surface area contributed by atoms with Gasteiger partial charge in [-0.25, -0.2) is 4.39 Å². The highest BCUT2D eigenvalue weighted by Gasteiger charge is 2.03. The molecule has 0 saturated heterocycles. The van der Waals surface area contributed by atoms with Crippen LogP contribution in [-0.4, -0.2) is 21.4 Å². The lowest BCUT2D eigenvalue weighted by molar-refractivity contribution is 0.558. The monoisotopic (exact) mass is 306 g/mol. The molecule has 1 aromatic heterocycles. The minimum absolute atomic E-state index is 0.315. The van der Waals surface area contributed by atoms with Crippen molar-refractivity contribution >= 4 is 23.0 Å². The Hall–Kier alpha value is -1.95. The summed E-state index contributed by atoms with van der Waals surface area (Å²) in [5, 5.41) is 10.7. The predicted octanol–water partition coefficient (Wildman–Crippen LogP) is 3.02. The summed E-state index contributed by atoms with van der Waals surface area (Å²) in [5.41, 5.74) is 2.56. The Labute approximate surface area is 129 Å². The summed E-state index contributed by atoms with van der Waals surface area (Å²) in [4.78, 5) is 0. The van der Waals surface area contributed by atoms with E-state index in [0.29, 0.717) is 17.3 Å². The number of nitrogens with one attached hydrogen (secondary N) is 2. The molecule has 2 N–H and O–H groups in total. The van der Waals surface area contributed by atoms with Crippen molar-refractivity contribution in [2.45, 2.75) is 26.8 Å². The Morgan fingerprint density at radius 3 is 2.76 bits per heavy atom. The molecule has 1 heterocycles. The quantitative estimate of drug-likeness (QED) is 0.658. The Morgan fingerprint density at radius 1 is 1.33 bits per heavy atom. The smallest absolute Gasteiger partial charge is 0.170 e. The molecule has 4 nitrogen and oxygen atoms in total. The van der Waals surface area contributed by atoms with Crippen LogP contribution in [0.3, 0.4) is 0 Å². The third-order valence-corrected chi connectivity index (χ3v) is 3.30. The van der Waals surface area contributed by atoms with Gasteiger partial charge in [0.1, 0.15) is 5.82 Å². The van der Waals surface area contributed by atoms with Crippen LogP contribution in [0, 0.1) is 19.7 Å². The van der Waals surface area contributed by atoms with E-state index in [2.05, 4.69) is 21.8 Å². The highest BCUT2D eigenvalue weighted by atomic mass is 32.1. The fourth-order valence-electron chi connectivity index (χ4n) is 2.06. The number of thiocarbonyl (C=S) groups is 1. The van der Waals surface area contributed by atoms with E-state index in [1.807, 2.05) is 18.5 Å². The van der Waals surface area contributed by atoms with Crippen LogP contribution in [0.1, 0.15) is 17.8 Å². The number of hydrogen-bond donors (Lipinski definition) is 2. The van der Waals surface area contributed by atoms with Gasteiger partial charge in [0.05, 0.1) is 11.4 Å². The maximum Gasteiger partial charge on any atom is 0.170 e. The van der Waals surface area contributed by atoms with Crippen LogP contribution in [0.5, 0.6) is 0 Å². The summed E-state index contributed by atoms with van der Waals surface area (Å²) >= 11 is 5.14. The maximum absolute atomic E-state index is 13.4. The van der Waals surface area contributed by atoms with Gasteiger partial charge in [0, 0.05) is 18.8 Å². The molecule has 112 valence electrons. The molecule has 2 rings (SSSR count). The van der Waals surface area contributed by atoms with Crippen LogP contribution in [0.15, 0.2) is 30.3 Å². The number of para-hydroxylation sites is 1. The van der Waals surface area contributed by atoms with Gasteiger partial charge in [0.25, 0.3) is 0 Å². The molecule has 1 aromatic carbocycles. The lowest BCUT2D eigenvalue weighted by Crippen LogP contribution is -2.30. The zero-order valence-electron chi connectivity index (χ0n) is 12.2. The topological polar surface area (TPSA) is 41.9 Å². The molecule has 0 radical (unpaired) electrons. The second-order valence-electron chi connectivity index (χ2n) is 4.86. The van der Waals surface area contributed by atoms with E-state index >= 15 is 0 Å². The average molecular weight is 306 g/mol. The minimum atomic E-state index is -0.315. The van der Waals surface area contributed by atoms with Gasteiger partial charge in [0.2, 0.25) is 0 Å². The predicted molar refractivity (Wildman–Crippen MR) is 86.9 cm³/mol. The van der Waals surface area contributed by atoms with Crippen LogP contribution in [0.2, 0.25) is 0 Å². The molecule has 0 saturated carbocycles. The van der Waals surface area contributed by atoms with Gasteiger partial charge in [-0.3, -0.25) is 4.68 Å². The van der Waals surface area contributed by atoms with E-state index in [1.165, 1.54) is 6.07 Å². The first kappa shape index (κ1) is 15.4. The van der Waals surface area contributed by atoms with Gasteiger partial charge >= 0.3 is 0 Å². The third kappa shape index (κ3) is 4.53. The van der Waals surface area contributed by atoms with E-state index in [4.69, 9.17) is 12.2 Å². The van der Waals surface area contributed by atoms with Crippen LogP contribution in [0.4, 0.5) is 10.1 Å².